The molecular formula is C9H11NO4S. The zero-order valence-corrected chi connectivity index (χ0v) is 8.91. The van der Waals surface area contributed by atoms with E-state index in [1.165, 1.54) is 12.1 Å². The van der Waals surface area contributed by atoms with E-state index in [2.05, 4.69) is 0 Å². The van der Waals surface area contributed by atoms with Gasteiger partial charge in [-0.1, -0.05) is 0 Å². The second kappa shape index (κ2) is 4.00. The number of benzene rings is 1. The summed E-state index contributed by atoms with van der Waals surface area (Å²) in [5.74, 6) is -1.17. The van der Waals surface area contributed by atoms with Crippen molar-refractivity contribution < 1.29 is 18.3 Å². The van der Waals surface area contributed by atoms with Crippen LogP contribution in [0.2, 0.25) is 0 Å². The number of hydrogen-bond acceptors (Lipinski definition) is 4. The van der Waals surface area contributed by atoms with Crippen molar-refractivity contribution in [1.82, 2.24) is 0 Å². The Hall–Kier alpha value is -1.40. The van der Waals surface area contributed by atoms with Crippen molar-refractivity contribution in [3.8, 4) is 0 Å². The fourth-order valence-corrected chi connectivity index (χ4v) is 1.82. The second-order valence-corrected chi connectivity index (χ2v) is 5.16. The molecule has 0 bridgehead atoms. The average molecular weight is 229 g/mol. The first-order valence-electron chi connectivity index (χ1n) is 4.12. The van der Waals surface area contributed by atoms with Gasteiger partial charge in [-0.15, -0.1) is 0 Å². The molecule has 1 aromatic carbocycles. The minimum absolute atomic E-state index is 0.0251. The zero-order chi connectivity index (χ0) is 11.6. The Kier molecular flexibility index (Phi) is 3.11. The average Bonchev–Trinajstić information content (AvgIpc) is 2.15. The van der Waals surface area contributed by atoms with Crippen LogP contribution >= 0.6 is 0 Å². The Bertz CT molecular complexity index is 493. The molecule has 0 aromatic heterocycles. The first-order chi connectivity index (χ1) is 6.84. The second-order valence-electron chi connectivity index (χ2n) is 3.15. The summed E-state index contributed by atoms with van der Waals surface area (Å²) >= 11 is 0. The summed E-state index contributed by atoms with van der Waals surface area (Å²) in [5, 5.41) is 8.76. The molecule has 0 aliphatic rings. The first-order valence-corrected chi connectivity index (χ1v) is 6.01. The molecule has 5 nitrogen and oxygen atoms in total. The fraction of sp³-hybridized carbons (Fsp3) is 0.222. The molecule has 82 valence electrons. The summed E-state index contributed by atoms with van der Waals surface area (Å²) in [6.07, 6.45) is 1.02. The minimum atomic E-state index is -3.41. The van der Waals surface area contributed by atoms with Gasteiger partial charge < -0.3 is 10.8 Å². The number of carboxylic acids is 1. The predicted molar refractivity (Wildman–Crippen MR) is 54.4 cm³/mol. The maximum Gasteiger partial charge on any atom is 0.335 e. The van der Waals surface area contributed by atoms with Gasteiger partial charge in [-0.2, -0.15) is 0 Å². The number of carbonyl (C=O) groups is 1. The van der Waals surface area contributed by atoms with Crippen molar-refractivity contribution in [2.45, 2.75) is 11.4 Å². The Balaban J connectivity index is 3.43. The van der Waals surface area contributed by atoms with Gasteiger partial charge >= 0.3 is 5.97 Å². The number of aromatic carboxylic acids is 1. The predicted octanol–water partition coefficient (Wildman–Crippen LogP) is 0.247. The third-order valence-electron chi connectivity index (χ3n) is 1.88. The molecular weight excluding hydrogens is 218 g/mol. The molecule has 0 spiro atoms. The lowest BCUT2D eigenvalue weighted by atomic mass is 10.1. The van der Waals surface area contributed by atoms with E-state index < -0.39 is 15.8 Å². The van der Waals surface area contributed by atoms with Crippen LogP contribution in [0.25, 0.3) is 0 Å². The molecule has 0 amide bonds. The SMILES string of the molecule is CS(=O)(=O)c1cc(CN)cc(C(=O)O)c1. The molecule has 6 heteroatoms. The monoisotopic (exact) mass is 229 g/mol. The van der Waals surface area contributed by atoms with Gasteiger partial charge in [0, 0.05) is 12.8 Å². The number of sulfone groups is 1. The van der Waals surface area contributed by atoms with Gasteiger partial charge in [0.15, 0.2) is 9.84 Å². The molecule has 15 heavy (non-hydrogen) atoms. The third-order valence-corrected chi connectivity index (χ3v) is 2.97. The molecule has 0 heterocycles. The van der Waals surface area contributed by atoms with Gasteiger partial charge in [-0.05, 0) is 23.8 Å². The zero-order valence-electron chi connectivity index (χ0n) is 8.10. The summed E-state index contributed by atoms with van der Waals surface area (Å²) in [5.41, 5.74) is 5.75. The molecule has 0 radical (unpaired) electrons. The molecule has 0 unspecified atom stereocenters. The Labute approximate surface area is 87.4 Å². The van der Waals surface area contributed by atoms with Crippen molar-refractivity contribution in [3.05, 3.63) is 29.3 Å². The van der Waals surface area contributed by atoms with Crippen LogP contribution in [0.15, 0.2) is 23.1 Å². The molecule has 3 N–H and O–H groups in total. The van der Waals surface area contributed by atoms with E-state index in [0.717, 1.165) is 12.3 Å². The molecule has 1 aromatic rings. The van der Waals surface area contributed by atoms with E-state index in [-0.39, 0.29) is 17.0 Å². The van der Waals surface area contributed by atoms with Crippen molar-refractivity contribution in [2.24, 2.45) is 5.73 Å². The van der Waals surface area contributed by atoms with E-state index in [1.54, 1.807) is 0 Å². The van der Waals surface area contributed by atoms with Crippen LogP contribution in [-0.2, 0) is 16.4 Å². The quantitative estimate of drug-likeness (QED) is 0.774. The van der Waals surface area contributed by atoms with E-state index in [0.29, 0.717) is 5.56 Å². The van der Waals surface area contributed by atoms with E-state index in [9.17, 15) is 13.2 Å². The molecule has 1 rings (SSSR count). The minimum Gasteiger partial charge on any atom is -0.478 e. The number of hydrogen-bond donors (Lipinski definition) is 2. The van der Waals surface area contributed by atoms with Crippen LogP contribution in [0.5, 0.6) is 0 Å². The highest BCUT2D eigenvalue weighted by atomic mass is 32.2. The Morgan fingerprint density at radius 2 is 2.00 bits per heavy atom. The van der Waals surface area contributed by atoms with Gasteiger partial charge in [0.1, 0.15) is 0 Å². The Morgan fingerprint density at radius 3 is 2.40 bits per heavy atom. The summed E-state index contributed by atoms with van der Waals surface area (Å²) in [6.45, 7) is 0.101. The molecule has 0 aliphatic carbocycles. The number of carboxylic acid groups (broad SMARTS) is 1. The van der Waals surface area contributed by atoms with Gasteiger partial charge in [0.05, 0.1) is 10.5 Å². The van der Waals surface area contributed by atoms with Gasteiger partial charge in [-0.25, -0.2) is 13.2 Å². The highest BCUT2D eigenvalue weighted by Crippen LogP contribution is 2.15. The Morgan fingerprint density at radius 1 is 1.40 bits per heavy atom. The number of rotatable bonds is 3. The van der Waals surface area contributed by atoms with Crippen molar-refractivity contribution in [3.63, 3.8) is 0 Å². The summed E-state index contributed by atoms with van der Waals surface area (Å²) in [7, 11) is -3.41. The van der Waals surface area contributed by atoms with Gasteiger partial charge in [-0.3, -0.25) is 0 Å². The van der Waals surface area contributed by atoms with E-state index in [1.807, 2.05) is 0 Å². The lowest BCUT2D eigenvalue weighted by Crippen LogP contribution is -2.06. The van der Waals surface area contributed by atoms with Crippen molar-refractivity contribution in [1.29, 1.82) is 0 Å². The van der Waals surface area contributed by atoms with Crippen molar-refractivity contribution >= 4 is 15.8 Å². The van der Waals surface area contributed by atoms with Crippen LogP contribution in [0.1, 0.15) is 15.9 Å². The highest BCUT2D eigenvalue weighted by molar-refractivity contribution is 7.90. The van der Waals surface area contributed by atoms with Crippen LogP contribution in [-0.4, -0.2) is 25.7 Å². The fourth-order valence-electron chi connectivity index (χ4n) is 1.12. The van der Waals surface area contributed by atoms with E-state index in [4.69, 9.17) is 10.8 Å². The lowest BCUT2D eigenvalue weighted by Gasteiger charge is -2.04. The molecule has 0 saturated carbocycles. The van der Waals surface area contributed by atoms with Crippen LogP contribution in [0.3, 0.4) is 0 Å². The van der Waals surface area contributed by atoms with Crippen LogP contribution in [0, 0.1) is 0 Å². The van der Waals surface area contributed by atoms with Gasteiger partial charge in [0.2, 0.25) is 0 Å². The lowest BCUT2D eigenvalue weighted by molar-refractivity contribution is 0.0696. The van der Waals surface area contributed by atoms with Crippen molar-refractivity contribution in [2.75, 3.05) is 6.26 Å². The third kappa shape index (κ3) is 2.77. The smallest absolute Gasteiger partial charge is 0.335 e. The molecule has 0 fully saturated rings. The summed E-state index contributed by atoms with van der Waals surface area (Å²) < 4.78 is 22.5. The van der Waals surface area contributed by atoms with Crippen LogP contribution < -0.4 is 5.73 Å². The molecule has 0 aliphatic heterocycles. The maximum absolute atomic E-state index is 11.2. The van der Waals surface area contributed by atoms with Gasteiger partial charge in [0.25, 0.3) is 0 Å². The normalized spacial score (nSPS) is 11.3. The largest absolute Gasteiger partial charge is 0.478 e. The summed E-state index contributed by atoms with van der Waals surface area (Å²) in [4.78, 5) is 10.7. The summed E-state index contributed by atoms with van der Waals surface area (Å²) in [6, 6.07) is 3.86. The molecule has 0 saturated heterocycles. The standard InChI is InChI=1S/C9H11NO4S/c1-15(13,14)8-3-6(5-10)2-7(4-8)9(11)12/h2-4H,5,10H2,1H3,(H,11,12). The molecule has 0 atom stereocenters. The topological polar surface area (TPSA) is 97.5 Å². The van der Waals surface area contributed by atoms with E-state index >= 15 is 0 Å². The number of nitrogens with two attached hydrogens (primary N) is 1. The maximum atomic E-state index is 11.2. The first kappa shape index (κ1) is 11.7. The van der Waals surface area contributed by atoms with Crippen LogP contribution in [0.4, 0.5) is 0 Å². The highest BCUT2D eigenvalue weighted by Gasteiger charge is 2.12.